The molecule has 0 bridgehead atoms. The molecule has 4 rings (SSSR count). The topological polar surface area (TPSA) is 52.6 Å². The smallest absolute Gasteiger partial charge is 0.256 e. The summed E-state index contributed by atoms with van der Waals surface area (Å²) in [6.45, 7) is 9.44. The van der Waals surface area contributed by atoms with Crippen molar-refractivity contribution in [3.63, 3.8) is 0 Å². The summed E-state index contributed by atoms with van der Waals surface area (Å²) in [5.41, 5.74) is 4.28. The van der Waals surface area contributed by atoms with Gasteiger partial charge in [0, 0.05) is 48.7 Å². The number of hydrogen-bond acceptors (Lipinski definition) is 4. The largest absolute Gasteiger partial charge is 0.369 e. The molecule has 5 nitrogen and oxygen atoms in total. The zero-order chi connectivity index (χ0) is 22.5. The lowest BCUT2D eigenvalue weighted by atomic mass is 9.98. The van der Waals surface area contributed by atoms with Crippen molar-refractivity contribution in [2.75, 3.05) is 42.9 Å². The molecule has 1 saturated heterocycles. The minimum Gasteiger partial charge on any atom is -0.369 e. The average molecular weight is 428 g/mol. The molecule has 32 heavy (non-hydrogen) atoms. The molecule has 1 aliphatic rings. The Kier molecular flexibility index (Phi) is 6.66. The first-order valence-electron chi connectivity index (χ1n) is 11.1. The predicted molar refractivity (Wildman–Crippen MR) is 130 cm³/mol. The van der Waals surface area contributed by atoms with Gasteiger partial charge in [-0.3, -0.25) is 9.59 Å². The molecule has 0 aromatic heterocycles. The van der Waals surface area contributed by atoms with E-state index >= 15 is 0 Å². The molecule has 164 valence electrons. The molecule has 0 radical (unpaired) electrons. The van der Waals surface area contributed by atoms with Gasteiger partial charge in [-0.25, -0.2) is 0 Å². The van der Waals surface area contributed by atoms with E-state index in [9.17, 15) is 9.59 Å². The monoisotopic (exact) mass is 427 g/mol. The van der Waals surface area contributed by atoms with Gasteiger partial charge >= 0.3 is 0 Å². The van der Waals surface area contributed by atoms with Crippen molar-refractivity contribution < 1.29 is 9.59 Å². The second-order valence-corrected chi connectivity index (χ2v) is 8.12. The first-order valence-corrected chi connectivity index (χ1v) is 11.1. The molecule has 3 aromatic rings. The summed E-state index contributed by atoms with van der Waals surface area (Å²) in [5, 5.41) is 3.00. The van der Waals surface area contributed by atoms with E-state index in [-0.39, 0.29) is 11.7 Å². The minimum absolute atomic E-state index is 0.158. The molecule has 0 aliphatic carbocycles. The van der Waals surface area contributed by atoms with E-state index in [1.54, 1.807) is 36.4 Å². The fourth-order valence-corrected chi connectivity index (χ4v) is 4.12. The Labute approximate surface area is 189 Å². The summed E-state index contributed by atoms with van der Waals surface area (Å²) in [5.74, 6) is -0.438. The van der Waals surface area contributed by atoms with E-state index in [4.69, 9.17) is 0 Å². The van der Waals surface area contributed by atoms with Crippen molar-refractivity contribution in [2.24, 2.45) is 0 Å². The molecule has 1 N–H and O–H groups in total. The maximum absolute atomic E-state index is 13.1. The second-order valence-electron chi connectivity index (χ2n) is 8.12. The quantitative estimate of drug-likeness (QED) is 0.583. The van der Waals surface area contributed by atoms with E-state index in [0.29, 0.717) is 16.7 Å². The molecule has 1 fully saturated rings. The van der Waals surface area contributed by atoms with Gasteiger partial charge in [-0.15, -0.1) is 0 Å². The maximum Gasteiger partial charge on any atom is 0.256 e. The van der Waals surface area contributed by atoms with E-state index in [1.807, 2.05) is 31.2 Å². The number of amides is 1. The van der Waals surface area contributed by atoms with Gasteiger partial charge in [-0.1, -0.05) is 55.5 Å². The van der Waals surface area contributed by atoms with Gasteiger partial charge in [0.25, 0.3) is 5.91 Å². The molecule has 3 aromatic carbocycles. The van der Waals surface area contributed by atoms with Crippen molar-refractivity contribution in [1.29, 1.82) is 0 Å². The predicted octanol–water partition coefficient (Wildman–Crippen LogP) is 4.62. The summed E-state index contributed by atoms with van der Waals surface area (Å²) in [4.78, 5) is 30.9. The van der Waals surface area contributed by atoms with Crippen LogP contribution in [0.2, 0.25) is 0 Å². The molecule has 1 heterocycles. The molecule has 0 atom stereocenters. The van der Waals surface area contributed by atoms with Crippen LogP contribution in [0.4, 0.5) is 11.4 Å². The van der Waals surface area contributed by atoms with Crippen LogP contribution in [0.15, 0.2) is 72.8 Å². The lowest BCUT2D eigenvalue weighted by Gasteiger charge is -2.35. The lowest BCUT2D eigenvalue weighted by molar-refractivity contribution is 0.0996. The van der Waals surface area contributed by atoms with E-state index in [2.05, 4.69) is 34.2 Å². The van der Waals surface area contributed by atoms with Gasteiger partial charge < -0.3 is 15.1 Å². The van der Waals surface area contributed by atoms with Gasteiger partial charge in [0.15, 0.2) is 5.78 Å². The van der Waals surface area contributed by atoms with Crippen molar-refractivity contribution in [2.45, 2.75) is 13.8 Å². The standard InChI is InChI=1S/C27H29N3O2/c1-3-29-15-17-30(18-16-29)22-13-14-25(20(2)19-22)28-27(32)24-12-8-7-11-23(24)26(31)21-9-5-4-6-10-21/h4-14,19H,3,15-18H2,1-2H3,(H,28,32). The van der Waals surface area contributed by atoms with Crippen LogP contribution in [0.25, 0.3) is 0 Å². The Bertz CT molecular complexity index is 1100. The number of ketones is 1. The van der Waals surface area contributed by atoms with Crippen LogP contribution >= 0.6 is 0 Å². The number of aryl methyl sites for hydroxylation is 1. The van der Waals surface area contributed by atoms with Gasteiger partial charge in [0.05, 0.1) is 5.56 Å². The van der Waals surface area contributed by atoms with Gasteiger partial charge in [0.2, 0.25) is 0 Å². The van der Waals surface area contributed by atoms with Crippen LogP contribution in [0.3, 0.4) is 0 Å². The van der Waals surface area contributed by atoms with Gasteiger partial charge in [-0.2, -0.15) is 0 Å². The third kappa shape index (κ3) is 4.73. The molecule has 0 spiro atoms. The zero-order valence-corrected chi connectivity index (χ0v) is 18.7. The first kappa shape index (κ1) is 21.8. The molecule has 1 aliphatic heterocycles. The normalized spacial score (nSPS) is 14.2. The Morgan fingerprint density at radius 1 is 0.844 bits per heavy atom. The van der Waals surface area contributed by atoms with Crippen LogP contribution < -0.4 is 10.2 Å². The highest BCUT2D eigenvalue weighted by molar-refractivity contribution is 6.17. The van der Waals surface area contributed by atoms with Crippen molar-refractivity contribution in [1.82, 2.24) is 4.90 Å². The maximum atomic E-state index is 13.1. The van der Waals surface area contributed by atoms with E-state index in [0.717, 1.165) is 44.0 Å². The highest BCUT2D eigenvalue weighted by atomic mass is 16.2. The summed E-state index contributed by atoms with van der Waals surface area (Å²) < 4.78 is 0. The minimum atomic E-state index is -0.280. The van der Waals surface area contributed by atoms with Crippen molar-refractivity contribution >= 4 is 23.1 Å². The summed E-state index contributed by atoms with van der Waals surface area (Å²) in [6, 6.07) is 22.1. The van der Waals surface area contributed by atoms with Gasteiger partial charge in [0.1, 0.15) is 0 Å². The van der Waals surface area contributed by atoms with Crippen LogP contribution in [0, 0.1) is 6.92 Å². The Hall–Kier alpha value is -3.44. The second kappa shape index (κ2) is 9.79. The number of rotatable bonds is 6. The van der Waals surface area contributed by atoms with Crippen LogP contribution in [-0.2, 0) is 0 Å². The number of nitrogens with zero attached hydrogens (tertiary/aromatic N) is 2. The lowest BCUT2D eigenvalue weighted by Crippen LogP contribution is -2.46. The highest BCUT2D eigenvalue weighted by Gasteiger charge is 2.20. The third-order valence-electron chi connectivity index (χ3n) is 6.10. The molecule has 0 saturated carbocycles. The number of benzene rings is 3. The molecule has 5 heteroatoms. The summed E-state index contributed by atoms with van der Waals surface area (Å²) in [7, 11) is 0. The van der Waals surface area contributed by atoms with Crippen LogP contribution in [0.1, 0.15) is 38.8 Å². The Morgan fingerprint density at radius 3 is 2.16 bits per heavy atom. The molecule has 0 unspecified atom stereocenters. The zero-order valence-electron chi connectivity index (χ0n) is 18.7. The Balaban J connectivity index is 1.51. The molecular weight excluding hydrogens is 398 g/mol. The SMILES string of the molecule is CCN1CCN(c2ccc(NC(=O)c3ccccc3C(=O)c3ccccc3)c(C)c2)CC1. The van der Waals surface area contributed by atoms with Crippen LogP contribution in [0.5, 0.6) is 0 Å². The van der Waals surface area contributed by atoms with Crippen LogP contribution in [-0.4, -0.2) is 49.3 Å². The fraction of sp³-hybridized carbons (Fsp3) is 0.259. The van der Waals surface area contributed by atoms with Crippen molar-refractivity contribution in [3.8, 4) is 0 Å². The van der Waals surface area contributed by atoms with Gasteiger partial charge in [-0.05, 0) is 43.3 Å². The molecule has 1 amide bonds. The number of piperazine rings is 1. The van der Waals surface area contributed by atoms with E-state index < -0.39 is 0 Å². The average Bonchev–Trinajstić information content (AvgIpc) is 2.85. The Morgan fingerprint density at radius 2 is 1.50 bits per heavy atom. The molecular formula is C27H29N3O2. The van der Waals surface area contributed by atoms with Crippen molar-refractivity contribution in [3.05, 3.63) is 95.1 Å². The number of hydrogen-bond donors (Lipinski definition) is 1. The summed E-state index contributed by atoms with van der Waals surface area (Å²) >= 11 is 0. The number of carbonyl (C=O) groups is 2. The number of carbonyl (C=O) groups excluding carboxylic acids is 2. The first-order chi connectivity index (χ1) is 15.6. The fourth-order valence-electron chi connectivity index (χ4n) is 4.12. The number of nitrogens with one attached hydrogen (secondary N) is 1. The number of anilines is 2. The summed E-state index contributed by atoms with van der Waals surface area (Å²) in [6.07, 6.45) is 0. The third-order valence-corrected chi connectivity index (χ3v) is 6.10. The van der Waals surface area contributed by atoms with E-state index in [1.165, 1.54) is 5.69 Å². The number of likely N-dealkylation sites (N-methyl/N-ethyl adjacent to an activating group) is 1. The highest BCUT2D eigenvalue weighted by Crippen LogP contribution is 2.25.